The van der Waals surface area contributed by atoms with E-state index in [1.165, 1.54) is 0 Å². The highest BCUT2D eigenvalue weighted by Gasteiger charge is 2.12. The van der Waals surface area contributed by atoms with E-state index in [4.69, 9.17) is 0 Å². The lowest BCUT2D eigenvalue weighted by molar-refractivity contribution is -0.118. The monoisotopic (exact) mass is 335 g/mol. The summed E-state index contributed by atoms with van der Waals surface area (Å²) in [5.74, 6) is 0.752. The third-order valence-corrected chi connectivity index (χ3v) is 4.08. The number of aliphatic hydroxyl groups is 1. The summed E-state index contributed by atoms with van der Waals surface area (Å²) in [5, 5.41) is 12.9. The number of aliphatic hydroxyl groups excluding tert-OH is 1. The van der Waals surface area contributed by atoms with Gasteiger partial charge in [-0.25, -0.2) is 4.98 Å². The second kappa shape index (κ2) is 7.77. The zero-order chi connectivity index (χ0) is 17.6. The molecule has 0 radical (unpaired) electrons. The lowest BCUT2D eigenvalue weighted by Gasteiger charge is -2.12. The Labute approximate surface area is 147 Å². The fourth-order valence-corrected chi connectivity index (χ4v) is 2.64. The lowest BCUT2D eigenvalue weighted by Crippen LogP contribution is -2.15. The summed E-state index contributed by atoms with van der Waals surface area (Å²) >= 11 is 0. The number of aryl methyl sites for hydroxylation is 1. The van der Waals surface area contributed by atoms with Crippen LogP contribution in [0, 0.1) is 6.92 Å². The molecule has 1 amide bonds. The molecule has 25 heavy (non-hydrogen) atoms. The van der Waals surface area contributed by atoms with E-state index < -0.39 is 6.10 Å². The summed E-state index contributed by atoms with van der Waals surface area (Å²) in [7, 11) is 0. The Balaban J connectivity index is 1.56. The zero-order valence-electron chi connectivity index (χ0n) is 14.1. The van der Waals surface area contributed by atoms with Crippen molar-refractivity contribution < 1.29 is 9.90 Å². The Hall–Kier alpha value is -2.92. The van der Waals surface area contributed by atoms with Crippen LogP contribution in [0.25, 0.3) is 0 Å². The molecule has 3 rings (SSSR count). The predicted octanol–water partition coefficient (Wildman–Crippen LogP) is 3.30. The fraction of sp³-hybridized carbons (Fsp3) is 0.200. The minimum Gasteiger partial charge on any atom is -0.388 e. The molecule has 5 nitrogen and oxygen atoms in total. The molecular weight excluding hydrogens is 314 g/mol. The first kappa shape index (κ1) is 16.9. The van der Waals surface area contributed by atoms with Crippen LogP contribution in [-0.4, -0.2) is 20.6 Å². The maximum Gasteiger partial charge on any atom is 0.227 e. The molecule has 0 aliphatic heterocycles. The van der Waals surface area contributed by atoms with Crippen molar-refractivity contribution in [3.63, 3.8) is 0 Å². The molecule has 1 aromatic heterocycles. The van der Waals surface area contributed by atoms with E-state index in [0.29, 0.717) is 0 Å². The predicted molar refractivity (Wildman–Crippen MR) is 97.2 cm³/mol. The Morgan fingerprint density at radius 1 is 1.16 bits per heavy atom. The van der Waals surface area contributed by atoms with Crippen LogP contribution in [0.2, 0.25) is 0 Å². The number of imidazole rings is 1. The van der Waals surface area contributed by atoms with Gasteiger partial charge < -0.3 is 15.0 Å². The first-order chi connectivity index (χ1) is 12.1. The van der Waals surface area contributed by atoms with E-state index in [2.05, 4.69) is 14.9 Å². The number of nitrogens with one attached hydrogen (secondary N) is 1. The first-order valence-corrected chi connectivity index (χ1v) is 8.21. The molecule has 0 spiro atoms. The van der Waals surface area contributed by atoms with Gasteiger partial charge in [0.05, 0.1) is 12.5 Å². The van der Waals surface area contributed by atoms with Crippen LogP contribution in [0.5, 0.6) is 0 Å². The van der Waals surface area contributed by atoms with Crippen molar-refractivity contribution in [1.82, 2.24) is 9.55 Å². The smallest absolute Gasteiger partial charge is 0.227 e. The quantitative estimate of drug-likeness (QED) is 0.726. The van der Waals surface area contributed by atoms with Gasteiger partial charge in [-0.15, -0.1) is 0 Å². The van der Waals surface area contributed by atoms with Gasteiger partial charge in [0.2, 0.25) is 5.91 Å². The molecule has 128 valence electrons. The van der Waals surface area contributed by atoms with Gasteiger partial charge >= 0.3 is 0 Å². The van der Waals surface area contributed by atoms with Crippen LogP contribution in [0.1, 0.15) is 29.5 Å². The molecule has 0 aliphatic carbocycles. The van der Waals surface area contributed by atoms with Crippen LogP contribution >= 0.6 is 0 Å². The summed E-state index contributed by atoms with van der Waals surface area (Å²) < 4.78 is 2.06. The van der Waals surface area contributed by atoms with Crippen molar-refractivity contribution in [2.45, 2.75) is 26.0 Å². The minimum atomic E-state index is -0.801. The highest BCUT2D eigenvalue weighted by Crippen LogP contribution is 2.18. The molecule has 0 aliphatic rings. The number of anilines is 1. The second-order valence-corrected chi connectivity index (χ2v) is 5.98. The summed E-state index contributed by atoms with van der Waals surface area (Å²) in [6.07, 6.45) is 2.95. The number of carbonyl (C=O) groups is 1. The van der Waals surface area contributed by atoms with Gasteiger partial charge in [0.25, 0.3) is 0 Å². The molecule has 2 N–H and O–H groups in total. The van der Waals surface area contributed by atoms with E-state index in [0.717, 1.165) is 29.2 Å². The van der Waals surface area contributed by atoms with Gasteiger partial charge in [0, 0.05) is 24.6 Å². The number of hydrogen-bond donors (Lipinski definition) is 2. The van der Waals surface area contributed by atoms with Gasteiger partial charge in [-0.2, -0.15) is 0 Å². The number of benzene rings is 2. The molecule has 1 atom stereocenters. The highest BCUT2D eigenvalue weighted by atomic mass is 16.3. The Kier molecular flexibility index (Phi) is 5.26. The molecule has 0 saturated heterocycles. The molecule has 5 heteroatoms. The van der Waals surface area contributed by atoms with Crippen LogP contribution in [0.4, 0.5) is 5.69 Å². The maximum absolute atomic E-state index is 12.1. The third kappa shape index (κ3) is 4.55. The maximum atomic E-state index is 12.1. The summed E-state index contributed by atoms with van der Waals surface area (Å²) in [6, 6.07) is 16.9. The number of aromatic nitrogens is 2. The number of rotatable bonds is 6. The molecule has 2 aromatic carbocycles. The van der Waals surface area contributed by atoms with E-state index in [1.807, 2.05) is 67.7 Å². The van der Waals surface area contributed by atoms with Crippen molar-refractivity contribution in [1.29, 1.82) is 0 Å². The van der Waals surface area contributed by atoms with E-state index in [-0.39, 0.29) is 12.3 Å². The van der Waals surface area contributed by atoms with Crippen LogP contribution in [0.3, 0.4) is 0 Å². The Morgan fingerprint density at radius 3 is 2.52 bits per heavy atom. The van der Waals surface area contributed by atoms with Gasteiger partial charge in [-0.3, -0.25) is 4.79 Å². The van der Waals surface area contributed by atoms with E-state index in [1.54, 1.807) is 6.20 Å². The SMILES string of the molecule is Cc1nccn1Cc1ccc(NC(=O)CC(O)c2ccccc2)cc1. The molecule has 0 bridgehead atoms. The third-order valence-electron chi connectivity index (χ3n) is 4.08. The van der Waals surface area contributed by atoms with Gasteiger partial charge in [-0.05, 0) is 30.2 Å². The van der Waals surface area contributed by atoms with Crippen LogP contribution in [0.15, 0.2) is 67.0 Å². The average molecular weight is 335 g/mol. The molecule has 1 unspecified atom stereocenters. The standard InChI is InChI=1S/C20H21N3O2/c1-15-21-11-12-23(15)14-16-7-9-18(10-8-16)22-20(25)13-19(24)17-5-3-2-4-6-17/h2-12,19,24H,13-14H2,1H3,(H,22,25). The number of nitrogens with zero attached hydrogens (tertiary/aromatic N) is 2. The van der Waals surface area contributed by atoms with Crippen molar-refractivity contribution in [2.24, 2.45) is 0 Å². The fourth-order valence-electron chi connectivity index (χ4n) is 2.64. The van der Waals surface area contributed by atoms with E-state index >= 15 is 0 Å². The van der Waals surface area contributed by atoms with Gasteiger partial charge in [0.15, 0.2) is 0 Å². The number of carbonyl (C=O) groups excluding carboxylic acids is 1. The average Bonchev–Trinajstić information content (AvgIpc) is 3.02. The zero-order valence-corrected chi connectivity index (χ0v) is 14.1. The summed E-state index contributed by atoms with van der Waals surface area (Å²) in [6.45, 7) is 2.71. The first-order valence-electron chi connectivity index (χ1n) is 8.21. The summed E-state index contributed by atoms with van der Waals surface area (Å²) in [5.41, 5.74) is 2.59. The largest absolute Gasteiger partial charge is 0.388 e. The van der Waals surface area contributed by atoms with E-state index in [9.17, 15) is 9.90 Å². The van der Waals surface area contributed by atoms with Gasteiger partial charge in [0.1, 0.15) is 5.82 Å². The summed E-state index contributed by atoms with van der Waals surface area (Å²) in [4.78, 5) is 16.3. The van der Waals surface area contributed by atoms with Crippen LogP contribution < -0.4 is 5.32 Å². The second-order valence-electron chi connectivity index (χ2n) is 5.98. The Morgan fingerprint density at radius 2 is 1.88 bits per heavy atom. The minimum absolute atomic E-state index is 0.0278. The highest BCUT2D eigenvalue weighted by molar-refractivity contribution is 5.91. The van der Waals surface area contributed by atoms with Crippen molar-refractivity contribution in [2.75, 3.05) is 5.32 Å². The van der Waals surface area contributed by atoms with Gasteiger partial charge in [-0.1, -0.05) is 42.5 Å². The number of hydrogen-bond acceptors (Lipinski definition) is 3. The Bertz CT molecular complexity index is 826. The van der Waals surface area contributed by atoms with Crippen molar-refractivity contribution >= 4 is 11.6 Å². The normalized spacial score (nSPS) is 11.9. The van der Waals surface area contributed by atoms with Crippen LogP contribution in [-0.2, 0) is 11.3 Å². The molecular formula is C20H21N3O2. The van der Waals surface area contributed by atoms with Crippen molar-refractivity contribution in [3.8, 4) is 0 Å². The molecule has 3 aromatic rings. The van der Waals surface area contributed by atoms with Crippen molar-refractivity contribution in [3.05, 3.63) is 83.9 Å². The molecule has 0 saturated carbocycles. The topological polar surface area (TPSA) is 67.2 Å². The lowest BCUT2D eigenvalue weighted by atomic mass is 10.1. The molecule has 1 heterocycles. The molecule has 0 fully saturated rings. The number of amides is 1.